The zero-order valence-corrected chi connectivity index (χ0v) is 13.9. The van der Waals surface area contributed by atoms with Gasteiger partial charge in [0.15, 0.2) is 5.13 Å². The van der Waals surface area contributed by atoms with Gasteiger partial charge in [0.1, 0.15) is 5.82 Å². The number of rotatable bonds is 6. The van der Waals surface area contributed by atoms with E-state index in [1.807, 2.05) is 31.2 Å². The fourth-order valence-electron chi connectivity index (χ4n) is 2.14. The average Bonchev–Trinajstić information content (AvgIpc) is 2.99. The van der Waals surface area contributed by atoms with Gasteiger partial charge >= 0.3 is 0 Å². The number of hydrogen-bond acceptors (Lipinski definition) is 4. The van der Waals surface area contributed by atoms with Crippen LogP contribution in [0.4, 0.5) is 9.52 Å². The molecule has 0 aliphatic carbocycles. The van der Waals surface area contributed by atoms with E-state index in [1.54, 1.807) is 17.0 Å². The lowest BCUT2D eigenvalue weighted by Gasteiger charge is -2.22. The van der Waals surface area contributed by atoms with Gasteiger partial charge in [-0.3, -0.25) is 4.79 Å². The molecule has 1 heterocycles. The van der Waals surface area contributed by atoms with Gasteiger partial charge in [0.2, 0.25) is 5.91 Å². The Morgan fingerprint density at radius 3 is 2.45 bits per heavy atom. The quantitative estimate of drug-likeness (QED) is 0.819. The van der Waals surface area contributed by atoms with Gasteiger partial charge in [0, 0.05) is 31.1 Å². The van der Waals surface area contributed by atoms with Crippen molar-refractivity contribution >= 4 is 22.4 Å². The molecular weight excluding hydrogens is 301 g/mol. The molecule has 2 rings (SSSR count). The summed E-state index contributed by atoms with van der Waals surface area (Å²) in [7, 11) is 1.86. The highest BCUT2D eigenvalue weighted by molar-refractivity contribution is 7.14. The predicted octanol–water partition coefficient (Wildman–Crippen LogP) is 3.25. The number of halogens is 1. The largest absolute Gasteiger partial charge is 0.342 e. The molecule has 118 valence electrons. The standard InChI is InChI=1S/C16H20FN3OS/c1-4-20(5-2)15(21)10-19(3)16-18-14(11-22-16)12-6-8-13(17)9-7-12/h6-9,11H,4-5,10H2,1-3H3. The van der Waals surface area contributed by atoms with Crippen LogP contribution in [0.15, 0.2) is 29.6 Å². The van der Waals surface area contributed by atoms with Gasteiger partial charge in [0.25, 0.3) is 0 Å². The highest BCUT2D eigenvalue weighted by Gasteiger charge is 2.15. The molecule has 0 N–H and O–H groups in total. The van der Waals surface area contributed by atoms with Crippen molar-refractivity contribution in [2.24, 2.45) is 0 Å². The molecule has 0 saturated carbocycles. The second-order valence-electron chi connectivity index (χ2n) is 4.94. The van der Waals surface area contributed by atoms with E-state index in [1.165, 1.54) is 23.5 Å². The third-order valence-electron chi connectivity index (χ3n) is 3.45. The topological polar surface area (TPSA) is 36.4 Å². The monoisotopic (exact) mass is 321 g/mol. The number of likely N-dealkylation sites (N-methyl/N-ethyl adjacent to an activating group) is 2. The Labute approximate surface area is 134 Å². The fraction of sp³-hybridized carbons (Fsp3) is 0.375. The van der Waals surface area contributed by atoms with E-state index in [9.17, 15) is 9.18 Å². The van der Waals surface area contributed by atoms with Gasteiger partial charge in [-0.25, -0.2) is 9.37 Å². The van der Waals surface area contributed by atoms with Crippen LogP contribution in [-0.2, 0) is 4.79 Å². The minimum absolute atomic E-state index is 0.0889. The lowest BCUT2D eigenvalue weighted by Crippen LogP contribution is -2.38. The van der Waals surface area contributed by atoms with E-state index in [4.69, 9.17) is 0 Å². The molecule has 0 fully saturated rings. The molecule has 0 atom stereocenters. The van der Waals surface area contributed by atoms with Gasteiger partial charge in [-0.15, -0.1) is 11.3 Å². The minimum atomic E-state index is -0.263. The maximum Gasteiger partial charge on any atom is 0.242 e. The maximum absolute atomic E-state index is 13.0. The van der Waals surface area contributed by atoms with E-state index in [-0.39, 0.29) is 11.7 Å². The summed E-state index contributed by atoms with van der Waals surface area (Å²) in [4.78, 5) is 20.3. The highest BCUT2D eigenvalue weighted by Crippen LogP contribution is 2.26. The molecule has 1 aromatic carbocycles. The first-order valence-corrected chi connectivity index (χ1v) is 8.13. The number of anilines is 1. The van der Waals surface area contributed by atoms with E-state index >= 15 is 0 Å². The first-order chi connectivity index (χ1) is 10.5. The molecule has 0 bridgehead atoms. The fourth-order valence-corrected chi connectivity index (χ4v) is 2.94. The van der Waals surface area contributed by atoms with Crippen LogP contribution < -0.4 is 4.90 Å². The number of nitrogens with zero attached hydrogens (tertiary/aromatic N) is 3. The first kappa shape index (κ1) is 16.4. The number of benzene rings is 1. The normalized spacial score (nSPS) is 10.5. The molecule has 0 aliphatic rings. The third-order valence-corrected chi connectivity index (χ3v) is 4.40. The maximum atomic E-state index is 13.0. The molecule has 2 aromatic rings. The van der Waals surface area contributed by atoms with E-state index < -0.39 is 0 Å². The number of aromatic nitrogens is 1. The number of hydrogen-bond donors (Lipinski definition) is 0. The van der Waals surface area contributed by atoms with Crippen LogP contribution in [0.1, 0.15) is 13.8 Å². The Morgan fingerprint density at radius 2 is 1.86 bits per heavy atom. The SMILES string of the molecule is CCN(CC)C(=O)CN(C)c1nc(-c2ccc(F)cc2)cs1. The molecule has 1 aromatic heterocycles. The molecule has 22 heavy (non-hydrogen) atoms. The molecule has 0 spiro atoms. The summed E-state index contributed by atoms with van der Waals surface area (Å²) in [6.45, 7) is 5.66. The molecule has 0 saturated heterocycles. The molecule has 0 unspecified atom stereocenters. The lowest BCUT2D eigenvalue weighted by atomic mass is 10.2. The molecule has 6 heteroatoms. The van der Waals surface area contributed by atoms with Gasteiger partial charge in [0.05, 0.1) is 12.2 Å². The summed E-state index contributed by atoms with van der Waals surface area (Å²) in [5, 5.41) is 2.70. The van der Waals surface area contributed by atoms with Crippen molar-refractivity contribution in [2.45, 2.75) is 13.8 Å². The van der Waals surface area contributed by atoms with Crippen molar-refractivity contribution in [3.63, 3.8) is 0 Å². The van der Waals surface area contributed by atoms with Crippen molar-refractivity contribution in [1.29, 1.82) is 0 Å². The van der Waals surface area contributed by atoms with Crippen LogP contribution in [-0.4, -0.2) is 42.5 Å². The summed E-state index contributed by atoms with van der Waals surface area (Å²) in [6, 6.07) is 6.24. The van der Waals surface area contributed by atoms with Gasteiger partial charge in [-0.2, -0.15) is 0 Å². The zero-order chi connectivity index (χ0) is 16.1. The molecule has 4 nitrogen and oxygen atoms in total. The summed E-state index contributed by atoms with van der Waals surface area (Å²) in [6.07, 6.45) is 0. The number of carbonyl (C=O) groups excluding carboxylic acids is 1. The van der Waals surface area contributed by atoms with Gasteiger partial charge < -0.3 is 9.80 Å². The van der Waals surface area contributed by atoms with Gasteiger partial charge in [-0.1, -0.05) is 0 Å². The van der Waals surface area contributed by atoms with Gasteiger partial charge in [-0.05, 0) is 38.1 Å². The zero-order valence-electron chi connectivity index (χ0n) is 13.0. The van der Waals surface area contributed by atoms with E-state index in [0.29, 0.717) is 19.6 Å². The van der Waals surface area contributed by atoms with Crippen molar-refractivity contribution in [2.75, 3.05) is 31.6 Å². The van der Waals surface area contributed by atoms with Crippen molar-refractivity contribution in [1.82, 2.24) is 9.88 Å². The Bertz CT molecular complexity index is 623. The number of thiazole rings is 1. The van der Waals surface area contributed by atoms with Crippen LogP contribution in [0, 0.1) is 5.82 Å². The third kappa shape index (κ3) is 3.82. The lowest BCUT2D eigenvalue weighted by molar-refractivity contribution is -0.129. The van der Waals surface area contributed by atoms with Crippen molar-refractivity contribution in [3.8, 4) is 11.3 Å². The minimum Gasteiger partial charge on any atom is -0.342 e. The number of carbonyl (C=O) groups is 1. The summed E-state index contributed by atoms with van der Waals surface area (Å²) in [5.41, 5.74) is 1.66. The first-order valence-electron chi connectivity index (χ1n) is 7.25. The molecule has 1 amide bonds. The highest BCUT2D eigenvalue weighted by atomic mass is 32.1. The number of amides is 1. The van der Waals surface area contributed by atoms with E-state index in [2.05, 4.69) is 4.98 Å². The van der Waals surface area contributed by atoms with Crippen LogP contribution in [0.3, 0.4) is 0 Å². The van der Waals surface area contributed by atoms with Crippen molar-refractivity contribution in [3.05, 3.63) is 35.5 Å². The second kappa shape index (κ2) is 7.35. The van der Waals surface area contributed by atoms with Crippen LogP contribution in [0.5, 0.6) is 0 Å². The summed E-state index contributed by atoms with van der Waals surface area (Å²) >= 11 is 1.48. The van der Waals surface area contributed by atoms with Crippen LogP contribution in [0.2, 0.25) is 0 Å². The molecule has 0 aliphatic heterocycles. The average molecular weight is 321 g/mol. The Kier molecular flexibility index (Phi) is 5.49. The van der Waals surface area contributed by atoms with Crippen LogP contribution in [0.25, 0.3) is 11.3 Å². The molecule has 0 radical (unpaired) electrons. The summed E-state index contributed by atoms with van der Waals surface area (Å²) in [5.74, 6) is -0.174. The van der Waals surface area contributed by atoms with E-state index in [0.717, 1.165) is 16.4 Å². The van der Waals surface area contributed by atoms with Crippen molar-refractivity contribution < 1.29 is 9.18 Å². The Balaban J connectivity index is 2.07. The Hall–Kier alpha value is -1.95. The second-order valence-corrected chi connectivity index (χ2v) is 5.78. The summed E-state index contributed by atoms with van der Waals surface area (Å²) < 4.78 is 13.0. The predicted molar refractivity (Wildman–Crippen MR) is 88.7 cm³/mol. The van der Waals surface area contributed by atoms with Crippen LogP contribution >= 0.6 is 11.3 Å². The molecular formula is C16H20FN3OS. The Morgan fingerprint density at radius 1 is 1.23 bits per heavy atom. The smallest absolute Gasteiger partial charge is 0.242 e.